The fourth-order valence-corrected chi connectivity index (χ4v) is 2.90. The first-order chi connectivity index (χ1) is 6.26. The van der Waals surface area contributed by atoms with Gasteiger partial charge in [0.25, 0.3) is 0 Å². The van der Waals surface area contributed by atoms with Crippen LogP contribution in [0.3, 0.4) is 0 Å². The van der Waals surface area contributed by atoms with Gasteiger partial charge < -0.3 is 4.74 Å². The monoisotopic (exact) mass is 248 g/mol. The van der Waals surface area contributed by atoms with E-state index >= 15 is 0 Å². The Bertz CT molecular complexity index is 124. The van der Waals surface area contributed by atoms with Gasteiger partial charge in [-0.15, -0.1) is 0 Å². The lowest BCUT2D eigenvalue weighted by atomic mass is 9.98. The highest BCUT2D eigenvalue weighted by Gasteiger charge is 2.26. The maximum Gasteiger partial charge on any atom is 0.0589 e. The van der Waals surface area contributed by atoms with Crippen LogP contribution >= 0.6 is 15.9 Å². The molecule has 0 amide bonds. The molecule has 1 saturated heterocycles. The summed E-state index contributed by atoms with van der Waals surface area (Å²) in [5, 5.41) is 0. The second kappa shape index (κ2) is 6.02. The molecular weight excluding hydrogens is 228 g/mol. The van der Waals surface area contributed by atoms with Crippen molar-refractivity contribution in [2.45, 2.75) is 69.4 Å². The SMILES string of the molecule is CCC[C@@H]1CC(Br)C[C@H](CCC)O1. The van der Waals surface area contributed by atoms with E-state index in [0.717, 1.165) is 0 Å². The van der Waals surface area contributed by atoms with Gasteiger partial charge in [-0.25, -0.2) is 0 Å². The van der Waals surface area contributed by atoms with Crippen LogP contribution in [0.1, 0.15) is 52.4 Å². The predicted octanol–water partition coefficient (Wildman–Crippen LogP) is 3.90. The minimum atomic E-state index is 0.514. The van der Waals surface area contributed by atoms with E-state index in [4.69, 9.17) is 4.74 Å². The quantitative estimate of drug-likeness (QED) is 0.686. The molecule has 0 spiro atoms. The predicted molar refractivity (Wildman–Crippen MR) is 60.4 cm³/mol. The minimum Gasteiger partial charge on any atom is -0.375 e. The third-order valence-corrected chi connectivity index (χ3v) is 3.39. The summed E-state index contributed by atoms with van der Waals surface area (Å²) in [6, 6.07) is 0. The number of ether oxygens (including phenoxy) is 1. The van der Waals surface area contributed by atoms with E-state index in [1.54, 1.807) is 0 Å². The van der Waals surface area contributed by atoms with Gasteiger partial charge in [-0.2, -0.15) is 0 Å². The highest BCUT2D eigenvalue weighted by atomic mass is 79.9. The van der Waals surface area contributed by atoms with Crippen molar-refractivity contribution in [1.82, 2.24) is 0 Å². The van der Waals surface area contributed by atoms with Crippen LogP contribution in [-0.2, 0) is 4.74 Å². The number of hydrogen-bond donors (Lipinski definition) is 0. The molecule has 0 N–H and O–H groups in total. The average molecular weight is 249 g/mol. The van der Waals surface area contributed by atoms with Crippen LogP contribution in [0.25, 0.3) is 0 Å². The standard InChI is InChI=1S/C11H21BrO/c1-3-5-10-7-9(12)8-11(13-10)6-4-2/h9-11H,3-8H2,1-2H3/t9?,10-,11+. The molecule has 3 atom stereocenters. The van der Waals surface area contributed by atoms with Crippen molar-refractivity contribution >= 4 is 15.9 Å². The molecule has 0 aromatic rings. The summed E-state index contributed by atoms with van der Waals surface area (Å²) >= 11 is 3.73. The smallest absolute Gasteiger partial charge is 0.0589 e. The summed E-state index contributed by atoms with van der Waals surface area (Å²) in [5.41, 5.74) is 0. The Morgan fingerprint density at radius 1 is 1.08 bits per heavy atom. The van der Waals surface area contributed by atoms with Crippen LogP contribution in [0.4, 0.5) is 0 Å². The van der Waals surface area contributed by atoms with Crippen LogP contribution in [0.5, 0.6) is 0 Å². The molecule has 0 bridgehead atoms. The first kappa shape index (κ1) is 11.5. The zero-order valence-electron chi connectivity index (χ0n) is 8.76. The fourth-order valence-electron chi connectivity index (χ4n) is 2.07. The number of hydrogen-bond acceptors (Lipinski definition) is 1. The molecule has 0 aromatic carbocycles. The normalized spacial score (nSPS) is 34.8. The number of rotatable bonds is 4. The van der Waals surface area contributed by atoms with Crippen molar-refractivity contribution in [2.24, 2.45) is 0 Å². The summed E-state index contributed by atoms with van der Waals surface area (Å²) in [7, 11) is 0. The molecule has 0 aromatic heterocycles. The van der Waals surface area contributed by atoms with Crippen molar-refractivity contribution in [1.29, 1.82) is 0 Å². The average Bonchev–Trinajstić information content (AvgIpc) is 2.04. The maximum atomic E-state index is 6.01. The lowest BCUT2D eigenvalue weighted by Gasteiger charge is -2.33. The van der Waals surface area contributed by atoms with Gasteiger partial charge >= 0.3 is 0 Å². The molecule has 13 heavy (non-hydrogen) atoms. The van der Waals surface area contributed by atoms with E-state index in [2.05, 4.69) is 29.8 Å². The summed E-state index contributed by atoms with van der Waals surface area (Å²) in [6.07, 6.45) is 8.36. The molecule has 0 radical (unpaired) electrons. The second-order valence-corrected chi connectivity index (χ2v) is 5.32. The molecular formula is C11H21BrO. The maximum absolute atomic E-state index is 6.01. The third kappa shape index (κ3) is 3.99. The molecule has 1 aliphatic rings. The van der Waals surface area contributed by atoms with E-state index in [1.807, 2.05) is 0 Å². The van der Waals surface area contributed by atoms with E-state index in [-0.39, 0.29) is 0 Å². The van der Waals surface area contributed by atoms with Crippen LogP contribution in [0.2, 0.25) is 0 Å². The summed E-state index contributed by atoms with van der Waals surface area (Å²) in [5.74, 6) is 0. The van der Waals surface area contributed by atoms with Crippen molar-refractivity contribution in [3.8, 4) is 0 Å². The van der Waals surface area contributed by atoms with Crippen molar-refractivity contribution in [3.63, 3.8) is 0 Å². The van der Waals surface area contributed by atoms with Gasteiger partial charge in [0.15, 0.2) is 0 Å². The zero-order valence-corrected chi connectivity index (χ0v) is 10.3. The topological polar surface area (TPSA) is 9.23 Å². The summed E-state index contributed by atoms with van der Waals surface area (Å²) < 4.78 is 6.01. The lowest BCUT2D eigenvalue weighted by Crippen LogP contribution is -2.33. The molecule has 1 rings (SSSR count). The van der Waals surface area contributed by atoms with Crippen molar-refractivity contribution < 1.29 is 4.74 Å². The third-order valence-electron chi connectivity index (χ3n) is 2.64. The largest absolute Gasteiger partial charge is 0.375 e. The van der Waals surface area contributed by atoms with Gasteiger partial charge in [0, 0.05) is 4.83 Å². The van der Waals surface area contributed by atoms with Crippen LogP contribution in [0, 0.1) is 0 Å². The van der Waals surface area contributed by atoms with E-state index in [1.165, 1.54) is 38.5 Å². The van der Waals surface area contributed by atoms with Gasteiger partial charge in [0.05, 0.1) is 12.2 Å². The Balaban J connectivity index is 2.33. The van der Waals surface area contributed by atoms with E-state index in [0.29, 0.717) is 17.0 Å². The lowest BCUT2D eigenvalue weighted by molar-refractivity contribution is -0.0531. The van der Waals surface area contributed by atoms with Crippen LogP contribution in [0.15, 0.2) is 0 Å². The molecule has 2 heteroatoms. The van der Waals surface area contributed by atoms with Crippen LogP contribution < -0.4 is 0 Å². The molecule has 0 saturated carbocycles. The highest BCUT2D eigenvalue weighted by molar-refractivity contribution is 9.09. The molecule has 1 unspecified atom stereocenters. The van der Waals surface area contributed by atoms with Crippen LogP contribution in [-0.4, -0.2) is 17.0 Å². The van der Waals surface area contributed by atoms with Crippen molar-refractivity contribution in [2.75, 3.05) is 0 Å². The summed E-state index contributed by atoms with van der Waals surface area (Å²) in [4.78, 5) is 0.689. The first-order valence-electron chi connectivity index (χ1n) is 5.55. The zero-order chi connectivity index (χ0) is 9.68. The van der Waals surface area contributed by atoms with Gasteiger partial charge in [-0.3, -0.25) is 0 Å². The first-order valence-corrected chi connectivity index (χ1v) is 6.47. The van der Waals surface area contributed by atoms with Gasteiger partial charge in [-0.1, -0.05) is 42.6 Å². The highest BCUT2D eigenvalue weighted by Crippen LogP contribution is 2.29. The van der Waals surface area contributed by atoms with Gasteiger partial charge in [-0.05, 0) is 25.7 Å². The Morgan fingerprint density at radius 3 is 1.92 bits per heavy atom. The Kier molecular flexibility index (Phi) is 5.34. The molecule has 1 aliphatic heterocycles. The van der Waals surface area contributed by atoms with Crippen molar-refractivity contribution in [3.05, 3.63) is 0 Å². The molecule has 1 nitrogen and oxygen atoms in total. The Morgan fingerprint density at radius 2 is 1.54 bits per heavy atom. The van der Waals surface area contributed by atoms with Gasteiger partial charge in [0.2, 0.25) is 0 Å². The number of alkyl halides is 1. The molecule has 1 fully saturated rings. The van der Waals surface area contributed by atoms with Gasteiger partial charge in [0.1, 0.15) is 0 Å². The number of halogens is 1. The van der Waals surface area contributed by atoms with E-state index in [9.17, 15) is 0 Å². The Hall–Kier alpha value is 0.440. The molecule has 0 aliphatic carbocycles. The molecule has 1 heterocycles. The fraction of sp³-hybridized carbons (Fsp3) is 1.00. The second-order valence-electron chi connectivity index (χ2n) is 4.03. The Labute approximate surface area is 90.4 Å². The molecule has 78 valence electrons. The van der Waals surface area contributed by atoms with E-state index < -0.39 is 0 Å². The minimum absolute atomic E-state index is 0.514. The summed E-state index contributed by atoms with van der Waals surface area (Å²) in [6.45, 7) is 4.46.